The van der Waals surface area contributed by atoms with Crippen LogP contribution in [-0.4, -0.2) is 10.8 Å². The van der Waals surface area contributed by atoms with E-state index < -0.39 is 10.2 Å². The average molecular weight is 207 g/mol. The summed E-state index contributed by atoms with van der Waals surface area (Å²) in [5.41, 5.74) is 0. The van der Waals surface area contributed by atoms with Gasteiger partial charge in [-0.3, -0.25) is 0 Å². The molecule has 1 N–H and O–H groups in total. The van der Waals surface area contributed by atoms with Crippen LogP contribution in [0.1, 0.15) is 0 Å². The Balaban J connectivity index is 2.69. The van der Waals surface area contributed by atoms with Gasteiger partial charge in [-0.2, -0.15) is 4.55 Å². The van der Waals surface area contributed by atoms with Crippen LogP contribution < -0.4 is 0 Å². The van der Waals surface area contributed by atoms with Gasteiger partial charge in [0.05, 0.1) is 0 Å². The SMILES string of the molecule is C[S+](=O)(O)c1ccc2ccccc2c1. The Hall–Kier alpha value is -1.19. The molecule has 3 heteroatoms. The van der Waals surface area contributed by atoms with Gasteiger partial charge in [0.25, 0.3) is 0 Å². The molecule has 14 heavy (non-hydrogen) atoms. The van der Waals surface area contributed by atoms with E-state index in [0.717, 1.165) is 10.8 Å². The molecule has 0 saturated carbocycles. The lowest BCUT2D eigenvalue weighted by molar-refractivity contribution is 0.503. The number of hydrogen-bond donors (Lipinski definition) is 1. The summed E-state index contributed by atoms with van der Waals surface area (Å²) >= 11 is 0. The van der Waals surface area contributed by atoms with Crippen molar-refractivity contribution in [2.24, 2.45) is 0 Å². The number of rotatable bonds is 1. The zero-order valence-electron chi connectivity index (χ0n) is 7.81. The van der Waals surface area contributed by atoms with Gasteiger partial charge in [0.15, 0.2) is 4.90 Å². The maximum atomic E-state index is 11.4. The third-order valence-corrected chi connectivity index (χ3v) is 3.29. The molecule has 0 aromatic heterocycles. The van der Waals surface area contributed by atoms with Crippen LogP contribution in [0.5, 0.6) is 0 Å². The highest BCUT2D eigenvalue weighted by Gasteiger charge is 2.20. The molecule has 2 aromatic rings. The first-order valence-electron chi connectivity index (χ1n) is 4.28. The largest absolute Gasteiger partial charge is 0.244 e. The topological polar surface area (TPSA) is 37.3 Å². The summed E-state index contributed by atoms with van der Waals surface area (Å²) in [5, 5.41) is 2.08. The molecule has 2 rings (SSSR count). The summed E-state index contributed by atoms with van der Waals surface area (Å²) in [6.07, 6.45) is 1.33. The van der Waals surface area contributed by atoms with Gasteiger partial charge in [-0.05, 0) is 22.9 Å². The Morgan fingerprint density at radius 3 is 2.36 bits per heavy atom. The zero-order valence-corrected chi connectivity index (χ0v) is 8.62. The maximum absolute atomic E-state index is 11.4. The van der Waals surface area contributed by atoms with Crippen molar-refractivity contribution < 1.29 is 8.76 Å². The van der Waals surface area contributed by atoms with Gasteiger partial charge in [0.2, 0.25) is 10.2 Å². The Bertz CT molecular complexity index is 513. The molecular formula is C11H11O2S+. The van der Waals surface area contributed by atoms with Crippen molar-refractivity contribution >= 4 is 21.0 Å². The zero-order chi connectivity index (χ0) is 10.2. The van der Waals surface area contributed by atoms with E-state index in [4.69, 9.17) is 0 Å². The highest BCUT2D eigenvalue weighted by Crippen LogP contribution is 2.20. The molecule has 0 fully saturated rings. The van der Waals surface area contributed by atoms with Crippen LogP contribution in [0, 0.1) is 0 Å². The molecule has 0 saturated heterocycles. The fourth-order valence-corrected chi connectivity index (χ4v) is 2.07. The molecular weight excluding hydrogens is 196 g/mol. The first kappa shape index (κ1) is 9.37. The fourth-order valence-electron chi connectivity index (χ4n) is 1.40. The summed E-state index contributed by atoms with van der Waals surface area (Å²) < 4.78 is 20.8. The molecule has 1 unspecified atom stereocenters. The summed E-state index contributed by atoms with van der Waals surface area (Å²) in [6, 6.07) is 13.1. The second-order valence-electron chi connectivity index (χ2n) is 3.31. The quantitative estimate of drug-likeness (QED) is 0.730. The van der Waals surface area contributed by atoms with E-state index in [1.807, 2.05) is 30.3 Å². The minimum Gasteiger partial charge on any atom is -0.183 e. The number of fused-ring (bicyclic) bond motifs is 1. The first-order chi connectivity index (χ1) is 6.57. The highest BCUT2D eigenvalue weighted by atomic mass is 32.3. The lowest BCUT2D eigenvalue weighted by atomic mass is 10.1. The highest BCUT2D eigenvalue weighted by molar-refractivity contribution is 7.97. The van der Waals surface area contributed by atoms with Gasteiger partial charge in [-0.1, -0.05) is 28.5 Å². The molecule has 0 aliphatic carbocycles. The Morgan fingerprint density at radius 1 is 1.07 bits per heavy atom. The molecule has 0 heterocycles. The molecule has 0 aliphatic rings. The molecule has 0 bridgehead atoms. The number of hydrogen-bond acceptors (Lipinski definition) is 1. The lowest BCUT2D eigenvalue weighted by Crippen LogP contribution is -2.05. The van der Waals surface area contributed by atoms with Gasteiger partial charge in [0, 0.05) is 6.07 Å². The van der Waals surface area contributed by atoms with E-state index >= 15 is 0 Å². The first-order valence-corrected chi connectivity index (χ1v) is 6.20. The number of benzene rings is 2. The Labute approximate surface area is 83.8 Å². The van der Waals surface area contributed by atoms with Crippen molar-refractivity contribution in [3.8, 4) is 0 Å². The molecule has 72 valence electrons. The Morgan fingerprint density at radius 2 is 1.71 bits per heavy atom. The minimum absolute atomic E-state index is 0.483. The molecule has 2 nitrogen and oxygen atoms in total. The molecule has 0 amide bonds. The van der Waals surface area contributed by atoms with Gasteiger partial charge < -0.3 is 0 Å². The van der Waals surface area contributed by atoms with Crippen LogP contribution >= 0.6 is 0 Å². The van der Waals surface area contributed by atoms with E-state index in [9.17, 15) is 8.76 Å². The van der Waals surface area contributed by atoms with Crippen LogP contribution in [0.4, 0.5) is 0 Å². The van der Waals surface area contributed by atoms with Gasteiger partial charge in [0.1, 0.15) is 6.26 Å². The van der Waals surface area contributed by atoms with Crippen LogP contribution in [0.2, 0.25) is 0 Å². The van der Waals surface area contributed by atoms with E-state index in [2.05, 4.69) is 0 Å². The van der Waals surface area contributed by atoms with Crippen LogP contribution in [0.25, 0.3) is 10.8 Å². The third-order valence-electron chi connectivity index (χ3n) is 2.16. The van der Waals surface area contributed by atoms with Crippen LogP contribution in [-0.2, 0) is 14.4 Å². The van der Waals surface area contributed by atoms with Crippen molar-refractivity contribution in [1.29, 1.82) is 0 Å². The Kier molecular flexibility index (Phi) is 2.13. The lowest BCUT2D eigenvalue weighted by Gasteiger charge is -2.00. The predicted molar refractivity (Wildman–Crippen MR) is 58.8 cm³/mol. The second-order valence-corrected chi connectivity index (χ2v) is 5.39. The van der Waals surface area contributed by atoms with Crippen molar-refractivity contribution in [3.05, 3.63) is 42.5 Å². The molecule has 0 spiro atoms. The van der Waals surface area contributed by atoms with Gasteiger partial charge >= 0.3 is 0 Å². The van der Waals surface area contributed by atoms with Gasteiger partial charge in [-0.15, -0.1) is 0 Å². The van der Waals surface area contributed by atoms with Crippen molar-refractivity contribution in [1.82, 2.24) is 0 Å². The maximum Gasteiger partial charge on any atom is 0.244 e. The monoisotopic (exact) mass is 207 g/mol. The second kappa shape index (κ2) is 3.19. The van der Waals surface area contributed by atoms with E-state index in [-0.39, 0.29) is 0 Å². The van der Waals surface area contributed by atoms with Crippen LogP contribution in [0.15, 0.2) is 47.4 Å². The molecule has 2 aromatic carbocycles. The van der Waals surface area contributed by atoms with Crippen LogP contribution in [0.3, 0.4) is 0 Å². The fraction of sp³-hybridized carbons (Fsp3) is 0.0909. The molecule has 0 aliphatic heterocycles. The van der Waals surface area contributed by atoms with E-state index in [1.165, 1.54) is 6.26 Å². The standard InChI is InChI=1S/C11H10O2S/c1-14(12,13)11-7-6-9-4-2-3-5-10(9)8-11/h2-8H,1H3/p+1. The summed E-state index contributed by atoms with van der Waals surface area (Å²) in [5.74, 6) is 0. The van der Waals surface area contributed by atoms with Gasteiger partial charge in [-0.25, -0.2) is 0 Å². The van der Waals surface area contributed by atoms with E-state index in [0.29, 0.717) is 4.90 Å². The summed E-state index contributed by atoms with van der Waals surface area (Å²) in [7, 11) is -2.84. The van der Waals surface area contributed by atoms with E-state index in [1.54, 1.807) is 12.1 Å². The molecule has 0 radical (unpaired) electrons. The van der Waals surface area contributed by atoms with Crippen molar-refractivity contribution in [3.63, 3.8) is 0 Å². The van der Waals surface area contributed by atoms with Crippen molar-refractivity contribution in [2.75, 3.05) is 6.26 Å². The normalized spacial score (nSPS) is 15.3. The average Bonchev–Trinajstić information content (AvgIpc) is 2.16. The summed E-state index contributed by atoms with van der Waals surface area (Å²) in [4.78, 5) is 0.483. The minimum atomic E-state index is -2.84. The summed E-state index contributed by atoms with van der Waals surface area (Å²) in [6.45, 7) is 0. The van der Waals surface area contributed by atoms with Crippen molar-refractivity contribution in [2.45, 2.75) is 4.90 Å². The third kappa shape index (κ3) is 1.69. The molecule has 1 atom stereocenters. The smallest absolute Gasteiger partial charge is 0.183 e. The predicted octanol–water partition coefficient (Wildman–Crippen LogP) is 2.80.